The van der Waals surface area contributed by atoms with Crippen LogP contribution in [0.15, 0.2) is 24.5 Å². The summed E-state index contributed by atoms with van der Waals surface area (Å²) in [5.41, 5.74) is 1.33. The molecule has 7 nitrogen and oxygen atoms in total. The van der Waals surface area contributed by atoms with E-state index in [0.29, 0.717) is 11.3 Å². The molecule has 0 radical (unpaired) electrons. The summed E-state index contributed by atoms with van der Waals surface area (Å²) in [6.07, 6.45) is -2.82. The topological polar surface area (TPSA) is 95.5 Å². The Balaban J connectivity index is 1.69. The minimum absolute atomic E-state index is 0.0515. The summed E-state index contributed by atoms with van der Waals surface area (Å²) in [4.78, 5) is 32.9. The summed E-state index contributed by atoms with van der Waals surface area (Å²) in [5, 5.41) is 11.2. The summed E-state index contributed by atoms with van der Waals surface area (Å²) in [5.74, 6) is -1.59. The first-order valence-corrected chi connectivity index (χ1v) is 8.29. The molecule has 2 aromatic heterocycles. The zero-order valence-electron chi connectivity index (χ0n) is 14.7. The zero-order chi connectivity index (χ0) is 20.5. The number of alkyl halides is 3. The number of pyridine rings is 2. The van der Waals surface area contributed by atoms with Crippen LogP contribution in [0.5, 0.6) is 5.75 Å². The normalized spacial score (nSPS) is 13.6. The van der Waals surface area contributed by atoms with E-state index >= 15 is 0 Å². The maximum Gasteiger partial charge on any atom is 0.392 e. The number of ether oxygens (including phenoxy) is 1. The molecule has 0 saturated carbocycles. The molecule has 28 heavy (non-hydrogen) atoms. The molecular formula is C18H15F3N3O4-. The van der Waals surface area contributed by atoms with Gasteiger partial charge in [-0.15, -0.1) is 0 Å². The van der Waals surface area contributed by atoms with Crippen LogP contribution in [0.2, 0.25) is 0 Å². The SMILES string of the molecule is Cc1cc(CN2Cc3c(ccnc3C(=O)[O-])C2=O)ncc1OCCC(F)(F)F. The second kappa shape index (κ2) is 7.45. The number of carbonyl (C=O) groups is 2. The van der Waals surface area contributed by atoms with Crippen molar-refractivity contribution in [1.82, 2.24) is 14.9 Å². The van der Waals surface area contributed by atoms with Gasteiger partial charge in [-0.1, -0.05) is 0 Å². The first-order chi connectivity index (χ1) is 13.2. The van der Waals surface area contributed by atoms with Crippen molar-refractivity contribution in [3.8, 4) is 5.75 Å². The van der Waals surface area contributed by atoms with Crippen LogP contribution >= 0.6 is 0 Å². The van der Waals surface area contributed by atoms with E-state index in [-0.39, 0.29) is 41.6 Å². The van der Waals surface area contributed by atoms with Crippen LogP contribution in [0.25, 0.3) is 0 Å². The molecule has 1 aliphatic heterocycles. The highest BCUT2D eigenvalue weighted by atomic mass is 19.4. The molecule has 3 rings (SSSR count). The molecule has 0 aromatic carbocycles. The van der Waals surface area contributed by atoms with E-state index in [1.165, 1.54) is 23.4 Å². The first kappa shape index (κ1) is 19.6. The highest BCUT2D eigenvalue weighted by Crippen LogP contribution is 2.27. The number of rotatable bonds is 6. The van der Waals surface area contributed by atoms with Crippen LogP contribution < -0.4 is 9.84 Å². The number of hydrogen-bond acceptors (Lipinski definition) is 6. The number of aromatic carboxylic acids is 1. The van der Waals surface area contributed by atoms with E-state index in [1.807, 2.05) is 0 Å². The van der Waals surface area contributed by atoms with Crippen molar-refractivity contribution in [2.24, 2.45) is 0 Å². The third-order valence-electron chi connectivity index (χ3n) is 4.23. The number of amides is 1. The van der Waals surface area contributed by atoms with Crippen LogP contribution in [-0.2, 0) is 13.1 Å². The lowest BCUT2D eigenvalue weighted by Gasteiger charge is -2.16. The summed E-state index contributed by atoms with van der Waals surface area (Å²) in [7, 11) is 0. The monoisotopic (exact) mass is 394 g/mol. The lowest BCUT2D eigenvalue weighted by molar-refractivity contribution is -0.255. The minimum Gasteiger partial charge on any atom is -0.543 e. The Morgan fingerprint density at radius 2 is 2.11 bits per heavy atom. The maximum absolute atomic E-state index is 12.5. The van der Waals surface area contributed by atoms with Crippen LogP contribution in [0.3, 0.4) is 0 Å². The minimum atomic E-state index is -4.30. The summed E-state index contributed by atoms with van der Waals surface area (Å²) in [6, 6.07) is 3.05. The number of carboxylic acids is 1. The fourth-order valence-electron chi connectivity index (χ4n) is 2.90. The van der Waals surface area contributed by atoms with Crippen LogP contribution in [0, 0.1) is 6.92 Å². The Morgan fingerprint density at radius 1 is 1.36 bits per heavy atom. The number of carboxylic acid groups (broad SMARTS) is 1. The standard InChI is InChI=1S/C18H16F3N3O4/c1-10-6-11(23-7-14(10)28-5-3-18(19,20)21)8-24-9-13-12(16(24)25)2-4-22-15(13)17(26)27/h2,4,6-7H,3,5,8-9H2,1H3,(H,26,27)/p-1. The molecular weight excluding hydrogens is 379 g/mol. The van der Waals surface area contributed by atoms with Crippen molar-refractivity contribution in [2.45, 2.75) is 32.6 Å². The number of hydrogen-bond donors (Lipinski definition) is 0. The van der Waals surface area contributed by atoms with Gasteiger partial charge in [0.25, 0.3) is 5.91 Å². The molecule has 1 amide bonds. The van der Waals surface area contributed by atoms with E-state index in [1.54, 1.807) is 13.0 Å². The van der Waals surface area contributed by atoms with Crippen molar-refractivity contribution in [3.05, 3.63) is 52.6 Å². The van der Waals surface area contributed by atoms with E-state index in [4.69, 9.17) is 4.74 Å². The van der Waals surface area contributed by atoms with Crippen LogP contribution in [-0.4, -0.2) is 39.5 Å². The molecule has 0 aliphatic carbocycles. The summed E-state index contributed by atoms with van der Waals surface area (Å²) in [6.45, 7) is 1.30. The first-order valence-electron chi connectivity index (χ1n) is 8.29. The van der Waals surface area contributed by atoms with Crippen molar-refractivity contribution < 1.29 is 32.6 Å². The van der Waals surface area contributed by atoms with E-state index in [2.05, 4.69) is 9.97 Å². The van der Waals surface area contributed by atoms with E-state index < -0.39 is 25.2 Å². The fourth-order valence-corrected chi connectivity index (χ4v) is 2.90. The number of aryl methyl sites for hydroxylation is 1. The predicted molar refractivity (Wildman–Crippen MR) is 87.3 cm³/mol. The smallest absolute Gasteiger partial charge is 0.392 e. The van der Waals surface area contributed by atoms with Gasteiger partial charge in [0.1, 0.15) is 5.75 Å². The number of aromatic nitrogens is 2. The highest BCUT2D eigenvalue weighted by Gasteiger charge is 2.30. The Morgan fingerprint density at radius 3 is 2.75 bits per heavy atom. The molecule has 2 aromatic rings. The molecule has 0 fully saturated rings. The van der Waals surface area contributed by atoms with Gasteiger partial charge >= 0.3 is 6.18 Å². The number of carbonyl (C=O) groups excluding carboxylic acids is 2. The lowest BCUT2D eigenvalue weighted by Crippen LogP contribution is -2.26. The second-order valence-electron chi connectivity index (χ2n) is 6.29. The van der Waals surface area contributed by atoms with E-state index in [0.717, 1.165) is 0 Å². The van der Waals surface area contributed by atoms with Gasteiger partial charge in [0, 0.05) is 23.9 Å². The molecule has 10 heteroatoms. The van der Waals surface area contributed by atoms with Gasteiger partial charge in [0.2, 0.25) is 0 Å². The Kier molecular flexibility index (Phi) is 5.21. The summed E-state index contributed by atoms with van der Waals surface area (Å²) >= 11 is 0. The van der Waals surface area contributed by atoms with Gasteiger partial charge < -0.3 is 19.5 Å². The Labute approximate surface area is 157 Å². The number of nitrogens with zero attached hydrogens (tertiary/aromatic N) is 3. The fraction of sp³-hybridized carbons (Fsp3) is 0.333. The van der Waals surface area contributed by atoms with Gasteiger partial charge in [-0.2, -0.15) is 13.2 Å². The summed E-state index contributed by atoms with van der Waals surface area (Å²) < 4.78 is 41.7. The molecule has 0 bridgehead atoms. The highest BCUT2D eigenvalue weighted by molar-refractivity contribution is 6.01. The molecule has 0 N–H and O–H groups in total. The molecule has 3 heterocycles. The molecule has 0 unspecified atom stereocenters. The maximum atomic E-state index is 12.5. The Bertz CT molecular complexity index is 931. The van der Waals surface area contributed by atoms with Crippen molar-refractivity contribution in [3.63, 3.8) is 0 Å². The Hall–Kier alpha value is -3.17. The van der Waals surface area contributed by atoms with Gasteiger partial charge in [0.05, 0.1) is 43.1 Å². The third kappa shape index (κ3) is 4.21. The number of halogens is 3. The molecule has 0 spiro atoms. The van der Waals surface area contributed by atoms with Crippen LogP contribution in [0.4, 0.5) is 13.2 Å². The van der Waals surface area contributed by atoms with Gasteiger partial charge in [0.15, 0.2) is 0 Å². The van der Waals surface area contributed by atoms with Gasteiger partial charge in [-0.3, -0.25) is 14.8 Å². The van der Waals surface area contributed by atoms with Gasteiger partial charge in [-0.25, -0.2) is 0 Å². The average Bonchev–Trinajstić information content (AvgIpc) is 2.92. The zero-order valence-corrected chi connectivity index (χ0v) is 14.7. The third-order valence-corrected chi connectivity index (χ3v) is 4.23. The lowest BCUT2D eigenvalue weighted by atomic mass is 10.1. The van der Waals surface area contributed by atoms with Crippen LogP contribution in [0.1, 0.15) is 44.1 Å². The average molecular weight is 394 g/mol. The quantitative estimate of drug-likeness (QED) is 0.739. The molecule has 0 saturated heterocycles. The number of fused-ring (bicyclic) bond motifs is 1. The largest absolute Gasteiger partial charge is 0.543 e. The second-order valence-corrected chi connectivity index (χ2v) is 6.29. The van der Waals surface area contributed by atoms with Crippen molar-refractivity contribution >= 4 is 11.9 Å². The predicted octanol–water partition coefficient (Wildman–Crippen LogP) is 1.64. The van der Waals surface area contributed by atoms with Gasteiger partial charge in [-0.05, 0) is 24.6 Å². The molecule has 0 atom stereocenters. The molecule has 148 valence electrons. The molecule has 1 aliphatic rings. The van der Waals surface area contributed by atoms with E-state index in [9.17, 15) is 27.9 Å². The van der Waals surface area contributed by atoms with Crippen molar-refractivity contribution in [1.29, 1.82) is 0 Å². The van der Waals surface area contributed by atoms with Crippen molar-refractivity contribution in [2.75, 3.05) is 6.61 Å².